The van der Waals surface area contributed by atoms with Crippen LogP contribution in [-0.4, -0.2) is 19.6 Å². The molecule has 1 aromatic carbocycles. The van der Waals surface area contributed by atoms with Gasteiger partial charge in [-0.3, -0.25) is 4.99 Å². The molecule has 1 fully saturated rings. The van der Waals surface area contributed by atoms with Crippen molar-refractivity contribution in [1.82, 2.24) is 5.32 Å². The van der Waals surface area contributed by atoms with Gasteiger partial charge in [0.05, 0.1) is 0 Å². The lowest BCUT2D eigenvalue weighted by atomic mass is 9.96. The lowest BCUT2D eigenvalue weighted by molar-refractivity contribution is 0.619. The fourth-order valence-electron chi connectivity index (χ4n) is 1.86. The van der Waals surface area contributed by atoms with E-state index in [1.54, 1.807) is 7.05 Å². The number of halogens is 2. The third kappa shape index (κ3) is 3.31. The summed E-state index contributed by atoms with van der Waals surface area (Å²) in [5.74, 6) is 0.260. The SMILES string of the molecule is CN=C(N)NCC1(c2ccc(F)cc2)CC1.I. The smallest absolute Gasteiger partial charge is 0.188 e. The van der Waals surface area contributed by atoms with E-state index in [1.807, 2.05) is 12.1 Å². The number of nitrogens with zero attached hydrogens (tertiary/aromatic N) is 1. The van der Waals surface area contributed by atoms with Crippen LogP contribution in [0, 0.1) is 5.82 Å². The lowest BCUT2D eigenvalue weighted by Crippen LogP contribution is -2.37. The topological polar surface area (TPSA) is 50.4 Å². The van der Waals surface area contributed by atoms with Crippen LogP contribution < -0.4 is 11.1 Å². The molecule has 94 valence electrons. The summed E-state index contributed by atoms with van der Waals surface area (Å²) >= 11 is 0. The molecule has 0 unspecified atom stereocenters. The van der Waals surface area contributed by atoms with Gasteiger partial charge < -0.3 is 11.1 Å². The molecule has 0 atom stereocenters. The van der Waals surface area contributed by atoms with Crippen molar-refractivity contribution in [2.75, 3.05) is 13.6 Å². The first-order chi connectivity index (χ1) is 7.66. The zero-order chi connectivity index (χ0) is 11.6. The van der Waals surface area contributed by atoms with Gasteiger partial charge >= 0.3 is 0 Å². The van der Waals surface area contributed by atoms with Crippen molar-refractivity contribution >= 4 is 29.9 Å². The first-order valence-electron chi connectivity index (χ1n) is 5.38. The summed E-state index contributed by atoms with van der Waals surface area (Å²) < 4.78 is 12.8. The van der Waals surface area contributed by atoms with Crippen molar-refractivity contribution in [2.24, 2.45) is 10.7 Å². The Labute approximate surface area is 118 Å². The fourth-order valence-corrected chi connectivity index (χ4v) is 1.86. The van der Waals surface area contributed by atoms with E-state index in [9.17, 15) is 4.39 Å². The highest BCUT2D eigenvalue weighted by molar-refractivity contribution is 14.0. The highest BCUT2D eigenvalue weighted by atomic mass is 127. The molecule has 1 aliphatic rings. The molecule has 0 aromatic heterocycles. The Hall–Kier alpha value is -0.850. The standard InChI is InChI=1S/C12H16FN3.HI/c1-15-11(14)16-8-12(6-7-12)9-2-4-10(13)5-3-9;/h2-5H,6-8H2,1H3,(H3,14,15,16);1H. The number of nitrogens with two attached hydrogens (primary N) is 1. The van der Waals surface area contributed by atoms with E-state index in [1.165, 1.54) is 17.7 Å². The summed E-state index contributed by atoms with van der Waals surface area (Å²) in [5, 5.41) is 3.08. The number of hydrogen-bond donors (Lipinski definition) is 2. The minimum absolute atomic E-state index is 0. The number of hydrogen-bond acceptors (Lipinski definition) is 1. The maximum Gasteiger partial charge on any atom is 0.188 e. The second kappa shape index (κ2) is 5.66. The molecule has 0 heterocycles. The average molecular weight is 349 g/mol. The van der Waals surface area contributed by atoms with Crippen LogP contribution in [-0.2, 0) is 5.41 Å². The molecule has 0 saturated heterocycles. The van der Waals surface area contributed by atoms with Crippen molar-refractivity contribution < 1.29 is 4.39 Å². The molecule has 1 saturated carbocycles. The summed E-state index contributed by atoms with van der Waals surface area (Å²) in [5.41, 5.74) is 6.89. The van der Waals surface area contributed by atoms with Gasteiger partial charge in [-0.05, 0) is 30.5 Å². The van der Waals surface area contributed by atoms with Crippen LogP contribution in [0.1, 0.15) is 18.4 Å². The van der Waals surface area contributed by atoms with Gasteiger partial charge in [-0.1, -0.05) is 12.1 Å². The zero-order valence-corrected chi connectivity index (χ0v) is 12.1. The van der Waals surface area contributed by atoms with Crippen LogP contribution >= 0.6 is 24.0 Å². The molecular formula is C12H17FIN3. The molecule has 3 N–H and O–H groups in total. The summed E-state index contributed by atoms with van der Waals surface area (Å²) in [4.78, 5) is 3.85. The van der Waals surface area contributed by atoms with E-state index < -0.39 is 0 Å². The van der Waals surface area contributed by atoms with Gasteiger partial charge in [0.15, 0.2) is 5.96 Å². The molecular weight excluding hydrogens is 332 g/mol. The Kier molecular flexibility index (Phi) is 4.73. The van der Waals surface area contributed by atoms with Gasteiger partial charge in [0, 0.05) is 19.0 Å². The first kappa shape index (κ1) is 14.2. The molecule has 1 aromatic rings. The van der Waals surface area contributed by atoms with Crippen LogP contribution in [0.4, 0.5) is 4.39 Å². The van der Waals surface area contributed by atoms with Gasteiger partial charge in [0.2, 0.25) is 0 Å². The monoisotopic (exact) mass is 349 g/mol. The minimum Gasteiger partial charge on any atom is -0.370 e. The van der Waals surface area contributed by atoms with E-state index in [2.05, 4.69) is 10.3 Å². The summed E-state index contributed by atoms with van der Waals surface area (Å²) in [6.07, 6.45) is 2.23. The number of guanidine groups is 1. The van der Waals surface area contributed by atoms with Crippen LogP contribution in [0.2, 0.25) is 0 Å². The van der Waals surface area contributed by atoms with Crippen LogP contribution in [0.3, 0.4) is 0 Å². The number of rotatable bonds is 3. The van der Waals surface area contributed by atoms with Gasteiger partial charge in [-0.2, -0.15) is 0 Å². The van der Waals surface area contributed by atoms with E-state index in [0.717, 1.165) is 19.4 Å². The Morgan fingerprint density at radius 2 is 2.00 bits per heavy atom. The summed E-state index contributed by atoms with van der Waals surface area (Å²) in [6, 6.07) is 6.71. The van der Waals surface area contributed by atoms with Crippen molar-refractivity contribution in [1.29, 1.82) is 0 Å². The van der Waals surface area contributed by atoms with Gasteiger partial charge in [-0.15, -0.1) is 24.0 Å². The van der Waals surface area contributed by atoms with Crippen molar-refractivity contribution in [2.45, 2.75) is 18.3 Å². The predicted molar refractivity (Wildman–Crippen MR) is 78.3 cm³/mol. The Morgan fingerprint density at radius 3 is 2.47 bits per heavy atom. The van der Waals surface area contributed by atoms with Crippen molar-refractivity contribution in [3.8, 4) is 0 Å². The predicted octanol–water partition coefficient (Wildman–Crippen LogP) is 2.01. The van der Waals surface area contributed by atoms with Gasteiger partial charge in [-0.25, -0.2) is 4.39 Å². The molecule has 17 heavy (non-hydrogen) atoms. The Balaban J connectivity index is 0.00000144. The molecule has 0 amide bonds. The van der Waals surface area contributed by atoms with E-state index >= 15 is 0 Å². The lowest BCUT2D eigenvalue weighted by Gasteiger charge is -2.16. The van der Waals surface area contributed by atoms with Crippen molar-refractivity contribution in [3.63, 3.8) is 0 Å². The maximum absolute atomic E-state index is 12.8. The highest BCUT2D eigenvalue weighted by Gasteiger charge is 2.43. The molecule has 2 rings (SSSR count). The summed E-state index contributed by atoms with van der Waals surface area (Å²) in [6.45, 7) is 0.766. The van der Waals surface area contributed by atoms with Crippen LogP contribution in [0.15, 0.2) is 29.3 Å². The third-order valence-corrected chi connectivity index (χ3v) is 3.16. The minimum atomic E-state index is -0.192. The second-order valence-electron chi connectivity index (χ2n) is 4.25. The van der Waals surface area contributed by atoms with E-state index in [4.69, 9.17) is 5.73 Å². The van der Waals surface area contributed by atoms with Crippen LogP contribution in [0.5, 0.6) is 0 Å². The molecule has 3 nitrogen and oxygen atoms in total. The largest absolute Gasteiger partial charge is 0.370 e. The van der Waals surface area contributed by atoms with E-state index in [0.29, 0.717) is 5.96 Å². The fraction of sp³-hybridized carbons (Fsp3) is 0.417. The van der Waals surface area contributed by atoms with Crippen molar-refractivity contribution in [3.05, 3.63) is 35.6 Å². The first-order valence-corrected chi connectivity index (χ1v) is 5.38. The third-order valence-electron chi connectivity index (χ3n) is 3.16. The molecule has 5 heteroatoms. The highest BCUT2D eigenvalue weighted by Crippen LogP contribution is 2.47. The average Bonchev–Trinajstić information content (AvgIpc) is 3.08. The Morgan fingerprint density at radius 1 is 1.41 bits per heavy atom. The van der Waals surface area contributed by atoms with E-state index in [-0.39, 0.29) is 35.2 Å². The number of nitrogens with one attached hydrogen (secondary N) is 1. The zero-order valence-electron chi connectivity index (χ0n) is 9.74. The molecule has 0 spiro atoms. The molecule has 0 bridgehead atoms. The molecule has 1 aliphatic carbocycles. The molecule has 0 radical (unpaired) electrons. The van der Waals surface area contributed by atoms with Gasteiger partial charge in [0.25, 0.3) is 0 Å². The normalized spacial score (nSPS) is 17.2. The molecule has 0 aliphatic heterocycles. The van der Waals surface area contributed by atoms with Gasteiger partial charge in [0.1, 0.15) is 5.82 Å². The summed E-state index contributed by atoms with van der Waals surface area (Å²) in [7, 11) is 1.65. The quantitative estimate of drug-likeness (QED) is 0.498. The Bertz CT molecular complexity index is 399. The van der Waals surface area contributed by atoms with Crippen LogP contribution in [0.25, 0.3) is 0 Å². The maximum atomic E-state index is 12.8. The second-order valence-corrected chi connectivity index (χ2v) is 4.25. The number of benzene rings is 1. The number of aliphatic imine (C=N–C) groups is 1.